The molecule has 6 rings (SSSR count). The van der Waals surface area contributed by atoms with Crippen LogP contribution in [0.25, 0.3) is 22.6 Å². The normalized spacial score (nSPS) is 20.0. The fourth-order valence-electron chi connectivity index (χ4n) is 5.91. The second-order valence-electron chi connectivity index (χ2n) is 11.1. The lowest BCUT2D eigenvalue weighted by Gasteiger charge is -2.32. The van der Waals surface area contributed by atoms with Crippen LogP contribution in [0, 0.1) is 0 Å². The molecule has 0 bridgehead atoms. The van der Waals surface area contributed by atoms with E-state index in [9.17, 15) is 4.79 Å². The number of nitrogens with zero attached hydrogens (tertiary/aromatic N) is 7. The molecular weight excluding hydrogens is 492 g/mol. The van der Waals surface area contributed by atoms with E-state index in [4.69, 9.17) is 19.7 Å². The van der Waals surface area contributed by atoms with Gasteiger partial charge in [-0.15, -0.1) is 0 Å². The number of aromatic nitrogens is 4. The first-order chi connectivity index (χ1) is 19.2. The van der Waals surface area contributed by atoms with Crippen molar-refractivity contribution in [1.29, 1.82) is 0 Å². The largest absolute Gasteiger partial charge is 0.379 e. The fourth-order valence-corrected chi connectivity index (χ4v) is 5.91. The van der Waals surface area contributed by atoms with Gasteiger partial charge in [-0.25, -0.2) is 15.0 Å². The maximum Gasteiger partial charge on any atom is 0.253 e. The molecule has 3 aliphatic rings. The van der Waals surface area contributed by atoms with Gasteiger partial charge in [-0.2, -0.15) is 0 Å². The molecule has 3 aromatic rings. The third-order valence-electron chi connectivity index (χ3n) is 8.39. The molecule has 2 aliphatic heterocycles. The van der Waals surface area contributed by atoms with Crippen molar-refractivity contribution in [2.75, 3.05) is 77.9 Å². The summed E-state index contributed by atoms with van der Waals surface area (Å²) in [6, 6.07) is 8.20. The molecule has 10 nitrogen and oxygen atoms in total. The van der Waals surface area contributed by atoms with Gasteiger partial charge in [0.1, 0.15) is 5.52 Å². The van der Waals surface area contributed by atoms with Gasteiger partial charge in [0, 0.05) is 69.5 Å². The van der Waals surface area contributed by atoms with Gasteiger partial charge in [0.15, 0.2) is 17.3 Å². The average molecular weight is 533 g/mol. The van der Waals surface area contributed by atoms with Gasteiger partial charge in [-0.05, 0) is 32.0 Å². The quantitative estimate of drug-likeness (QED) is 0.496. The SMILES string of the molecule is CN1CCN(C(=O)c2ccc(-c3nc(NCCN4CCOCC4)c4ncn(C5CCCCC5)c4n3)cc2)CC1. The molecule has 208 valence electrons. The highest BCUT2D eigenvalue weighted by Crippen LogP contribution is 2.32. The van der Waals surface area contributed by atoms with Gasteiger partial charge in [-0.1, -0.05) is 31.4 Å². The number of carbonyl (C=O) groups is 1. The number of likely N-dealkylation sites (N-methyl/N-ethyl adjacent to an activating group) is 1. The molecule has 1 aliphatic carbocycles. The summed E-state index contributed by atoms with van der Waals surface area (Å²) < 4.78 is 7.75. The highest BCUT2D eigenvalue weighted by atomic mass is 16.5. The predicted molar refractivity (Wildman–Crippen MR) is 152 cm³/mol. The fraction of sp³-hybridized carbons (Fsp3) is 0.586. The van der Waals surface area contributed by atoms with Gasteiger partial charge in [0.25, 0.3) is 5.91 Å². The standard InChI is InChI=1S/C29H40N8O2/c1-34-13-15-36(16-14-34)29(38)23-9-7-22(8-10-23)26-32-27(30-11-12-35-17-19-39-20-18-35)25-28(33-26)37(21-31-25)24-5-3-2-4-6-24/h7-10,21,24H,2-6,11-20H2,1H3,(H,30,32,33). The molecule has 1 N–H and O–H groups in total. The Bertz CT molecular complexity index is 1260. The number of amides is 1. The zero-order chi connectivity index (χ0) is 26.6. The van der Waals surface area contributed by atoms with Crippen molar-refractivity contribution in [3.05, 3.63) is 36.2 Å². The van der Waals surface area contributed by atoms with Crippen LogP contribution in [-0.2, 0) is 4.74 Å². The first-order valence-electron chi connectivity index (χ1n) is 14.5. The van der Waals surface area contributed by atoms with E-state index in [1.54, 1.807) is 0 Å². The van der Waals surface area contributed by atoms with Gasteiger partial charge in [0.2, 0.25) is 0 Å². The number of fused-ring (bicyclic) bond motifs is 1. The summed E-state index contributed by atoms with van der Waals surface area (Å²) in [7, 11) is 2.10. The number of piperazine rings is 1. The van der Waals surface area contributed by atoms with Crippen molar-refractivity contribution in [2.24, 2.45) is 0 Å². The summed E-state index contributed by atoms with van der Waals surface area (Å²) in [5, 5.41) is 3.56. The van der Waals surface area contributed by atoms with Crippen molar-refractivity contribution >= 4 is 22.9 Å². The Morgan fingerprint density at radius 1 is 0.974 bits per heavy atom. The number of rotatable bonds is 7. The summed E-state index contributed by atoms with van der Waals surface area (Å²) in [6.45, 7) is 8.56. The number of hydrogen-bond donors (Lipinski definition) is 1. The van der Waals surface area contributed by atoms with E-state index in [1.807, 2.05) is 35.5 Å². The second kappa shape index (κ2) is 12.0. The Kier molecular flexibility index (Phi) is 8.03. The number of imidazole rings is 1. The number of hydrogen-bond acceptors (Lipinski definition) is 8. The van der Waals surface area contributed by atoms with E-state index >= 15 is 0 Å². The van der Waals surface area contributed by atoms with Crippen molar-refractivity contribution in [2.45, 2.75) is 38.1 Å². The van der Waals surface area contributed by atoms with E-state index in [2.05, 4.69) is 26.7 Å². The minimum absolute atomic E-state index is 0.0897. The van der Waals surface area contributed by atoms with Crippen LogP contribution in [0.1, 0.15) is 48.5 Å². The smallest absolute Gasteiger partial charge is 0.253 e. The number of benzene rings is 1. The molecule has 0 spiro atoms. The van der Waals surface area contributed by atoms with E-state index in [0.717, 1.165) is 101 Å². The van der Waals surface area contributed by atoms with Gasteiger partial charge >= 0.3 is 0 Å². The lowest BCUT2D eigenvalue weighted by Crippen LogP contribution is -2.47. The molecule has 1 aromatic carbocycles. The van der Waals surface area contributed by atoms with Crippen molar-refractivity contribution in [1.82, 2.24) is 34.2 Å². The van der Waals surface area contributed by atoms with Crippen LogP contribution in [0.3, 0.4) is 0 Å². The first kappa shape index (κ1) is 26.2. The number of anilines is 1. The van der Waals surface area contributed by atoms with Gasteiger partial charge < -0.3 is 24.4 Å². The molecule has 4 heterocycles. The zero-order valence-electron chi connectivity index (χ0n) is 23.0. The second-order valence-corrected chi connectivity index (χ2v) is 11.1. The number of ether oxygens (including phenoxy) is 1. The predicted octanol–water partition coefficient (Wildman–Crippen LogP) is 3.13. The van der Waals surface area contributed by atoms with Crippen LogP contribution >= 0.6 is 0 Å². The van der Waals surface area contributed by atoms with E-state index < -0.39 is 0 Å². The molecule has 2 aromatic heterocycles. The number of nitrogens with one attached hydrogen (secondary N) is 1. The average Bonchev–Trinajstić information content (AvgIpc) is 3.43. The molecule has 0 radical (unpaired) electrons. The van der Waals surface area contributed by atoms with Crippen molar-refractivity contribution in [3.8, 4) is 11.4 Å². The van der Waals surface area contributed by atoms with Crippen LogP contribution in [0.15, 0.2) is 30.6 Å². The molecular formula is C29H40N8O2. The van der Waals surface area contributed by atoms with Gasteiger partial charge in [-0.3, -0.25) is 9.69 Å². The first-order valence-corrected chi connectivity index (χ1v) is 14.5. The summed E-state index contributed by atoms with van der Waals surface area (Å²) in [4.78, 5) is 34.4. The molecule has 39 heavy (non-hydrogen) atoms. The third-order valence-corrected chi connectivity index (χ3v) is 8.39. The Hall–Kier alpha value is -3.08. The summed E-state index contributed by atoms with van der Waals surface area (Å²) in [5.41, 5.74) is 3.33. The van der Waals surface area contributed by atoms with Crippen LogP contribution in [0.5, 0.6) is 0 Å². The van der Waals surface area contributed by atoms with E-state index in [1.165, 1.54) is 19.3 Å². The van der Waals surface area contributed by atoms with Crippen LogP contribution in [0.2, 0.25) is 0 Å². The van der Waals surface area contributed by atoms with Crippen molar-refractivity contribution in [3.63, 3.8) is 0 Å². The molecule has 1 saturated carbocycles. The van der Waals surface area contributed by atoms with E-state index in [-0.39, 0.29) is 5.91 Å². The molecule has 10 heteroatoms. The minimum atomic E-state index is 0.0897. The monoisotopic (exact) mass is 532 g/mol. The molecule has 0 unspecified atom stereocenters. The topological polar surface area (TPSA) is 91.6 Å². The number of carbonyl (C=O) groups excluding carboxylic acids is 1. The Labute approximate surface area is 230 Å². The minimum Gasteiger partial charge on any atom is -0.379 e. The molecule has 2 saturated heterocycles. The van der Waals surface area contributed by atoms with E-state index in [0.29, 0.717) is 17.4 Å². The maximum absolute atomic E-state index is 13.1. The Morgan fingerprint density at radius 2 is 1.72 bits per heavy atom. The highest BCUT2D eigenvalue weighted by molar-refractivity contribution is 5.95. The Balaban J connectivity index is 1.26. The highest BCUT2D eigenvalue weighted by Gasteiger charge is 2.23. The Morgan fingerprint density at radius 3 is 2.46 bits per heavy atom. The lowest BCUT2D eigenvalue weighted by molar-refractivity contribution is 0.0398. The summed E-state index contributed by atoms with van der Waals surface area (Å²) in [6.07, 6.45) is 8.06. The zero-order valence-corrected chi connectivity index (χ0v) is 23.0. The van der Waals surface area contributed by atoms with Crippen LogP contribution < -0.4 is 5.32 Å². The molecule has 0 atom stereocenters. The number of morpholine rings is 1. The van der Waals surface area contributed by atoms with Gasteiger partial charge in [0.05, 0.1) is 19.5 Å². The molecule has 3 fully saturated rings. The third kappa shape index (κ3) is 5.92. The van der Waals surface area contributed by atoms with Crippen molar-refractivity contribution < 1.29 is 9.53 Å². The van der Waals surface area contributed by atoms with Crippen LogP contribution in [-0.4, -0.2) is 113 Å². The van der Waals surface area contributed by atoms with Crippen LogP contribution in [0.4, 0.5) is 5.82 Å². The lowest BCUT2D eigenvalue weighted by atomic mass is 9.95. The maximum atomic E-state index is 13.1. The summed E-state index contributed by atoms with van der Waals surface area (Å²) >= 11 is 0. The molecule has 1 amide bonds. The summed E-state index contributed by atoms with van der Waals surface area (Å²) in [5.74, 6) is 1.52.